The van der Waals surface area contributed by atoms with E-state index in [2.05, 4.69) is 0 Å². The first-order valence-corrected chi connectivity index (χ1v) is 8.61. The molecule has 8 heteroatoms. The Morgan fingerprint density at radius 2 is 1.72 bits per heavy atom. The van der Waals surface area contributed by atoms with E-state index < -0.39 is 18.5 Å². The van der Waals surface area contributed by atoms with Crippen molar-refractivity contribution in [2.24, 2.45) is 0 Å². The van der Waals surface area contributed by atoms with Crippen molar-refractivity contribution >= 4 is 23.6 Å². The molecule has 6 nitrogen and oxygen atoms in total. The molecule has 0 aliphatic carbocycles. The summed E-state index contributed by atoms with van der Waals surface area (Å²) in [4.78, 5) is 25.8. The number of halogens is 1. The highest BCUT2D eigenvalue weighted by molar-refractivity contribution is 7.99. The summed E-state index contributed by atoms with van der Waals surface area (Å²) in [7, 11) is 0. The van der Waals surface area contributed by atoms with Gasteiger partial charge in [0, 0.05) is 23.7 Å². The largest absolute Gasteiger partial charge is 0.456 e. The zero-order valence-electron chi connectivity index (χ0n) is 13.6. The third-order valence-electron chi connectivity index (χ3n) is 3.08. The molecule has 0 saturated heterocycles. The molecule has 1 aromatic rings. The lowest BCUT2D eigenvalue weighted by atomic mass is 10.3. The number of hydrogen-bond acceptors (Lipinski definition) is 6. The maximum Gasteiger partial charge on any atom is 0.307 e. The molecule has 0 spiro atoms. The van der Waals surface area contributed by atoms with E-state index in [0.717, 1.165) is 4.90 Å². The lowest BCUT2D eigenvalue weighted by molar-refractivity contribution is -0.151. The number of ether oxygens (including phenoxy) is 1. The van der Waals surface area contributed by atoms with Gasteiger partial charge in [-0.15, -0.1) is 11.8 Å². The van der Waals surface area contributed by atoms with Gasteiger partial charge in [0.15, 0.2) is 6.61 Å². The van der Waals surface area contributed by atoms with E-state index in [1.54, 1.807) is 12.1 Å². The van der Waals surface area contributed by atoms with Gasteiger partial charge >= 0.3 is 5.97 Å². The summed E-state index contributed by atoms with van der Waals surface area (Å²) >= 11 is 1.39. The Morgan fingerprint density at radius 3 is 2.28 bits per heavy atom. The van der Waals surface area contributed by atoms with Gasteiger partial charge in [-0.3, -0.25) is 9.59 Å². The van der Waals surface area contributed by atoms with Crippen molar-refractivity contribution in [3.8, 4) is 12.1 Å². The topological polar surface area (TPSA) is 94.2 Å². The smallest absolute Gasteiger partial charge is 0.307 e. The molecule has 0 radical (unpaired) electrons. The van der Waals surface area contributed by atoms with Gasteiger partial charge in [-0.2, -0.15) is 10.5 Å². The van der Waals surface area contributed by atoms with E-state index >= 15 is 0 Å². The van der Waals surface area contributed by atoms with Crippen LogP contribution < -0.4 is 0 Å². The van der Waals surface area contributed by atoms with Crippen LogP contribution in [0, 0.1) is 28.5 Å². The molecule has 0 N–H and O–H groups in total. The van der Waals surface area contributed by atoms with Crippen molar-refractivity contribution in [3.05, 3.63) is 30.1 Å². The lowest BCUT2D eigenvalue weighted by Gasteiger charge is -2.20. The molecule has 0 fully saturated rings. The summed E-state index contributed by atoms with van der Waals surface area (Å²) in [5, 5.41) is 17.2. The van der Waals surface area contributed by atoms with Crippen molar-refractivity contribution in [1.29, 1.82) is 10.5 Å². The average Bonchev–Trinajstić information content (AvgIpc) is 2.61. The summed E-state index contributed by atoms with van der Waals surface area (Å²) in [5.41, 5.74) is 0. The fraction of sp³-hybridized carbons (Fsp3) is 0.412. The Morgan fingerprint density at radius 1 is 1.12 bits per heavy atom. The first-order chi connectivity index (χ1) is 12.1. The Balaban J connectivity index is 2.30. The van der Waals surface area contributed by atoms with E-state index in [1.807, 2.05) is 12.1 Å². The number of rotatable bonds is 10. The Hall–Kier alpha value is -2.58. The van der Waals surface area contributed by atoms with E-state index in [-0.39, 0.29) is 38.2 Å². The quantitative estimate of drug-likeness (QED) is 0.468. The lowest BCUT2D eigenvalue weighted by Crippen LogP contribution is -2.36. The van der Waals surface area contributed by atoms with Crippen LogP contribution in [0.5, 0.6) is 0 Å². The fourth-order valence-electron chi connectivity index (χ4n) is 1.82. The first kappa shape index (κ1) is 20.5. The standard InChI is InChI=1S/C17H18FN3O3S/c18-14-3-5-15(6-4-14)25-12-7-17(23)24-13-16(22)21(10-1-8-19)11-2-9-20/h3-6H,1-2,7,10-13H2. The van der Waals surface area contributed by atoms with Gasteiger partial charge in [0.05, 0.1) is 31.4 Å². The zero-order valence-corrected chi connectivity index (χ0v) is 14.4. The average molecular weight is 363 g/mol. The molecule has 25 heavy (non-hydrogen) atoms. The highest BCUT2D eigenvalue weighted by Gasteiger charge is 2.15. The molecule has 1 amide bonds. The van der Waals surface area contributed by atoms with E-state index in [1.165, 1.54) is 28.8 Å². The highest BCUT2D eigenvalue weighted by Crippen LogP contribution is 2.18. The highest BCUT2D eigenvalue weighted by atomic mass is 32.2. The van der Waals surface area contributed by atoms with E-state index in [9.17, 15) is 14.0 Å². The van der Waals surface area contributed by atoms with Crippen LogP contribution in [0.4, 0.5) is 4.39 Å². The van der Waals surface area contributed by atoms with Crippen LogP contribution in [0.15, 0.2) is 29.2 Å². The Labute approximate surface area is 150 Å². The van der Waals surface area contributed by atoms with Crippen LogP contribution >= 0.6 is 11.8 Å². The summed E-state index contributed by atoms with van der Waals surface area (Å²) in [5.74, 6) is -0.807. The second-order valence-electron chi connectivity index (χ2n) is 4.91. The molecule has 0 aliphatic heterocycles. The van der Waals surface area contributed by atoms with Crippen molar-refractivity contribution in [2.75, 3.05) is 25.4 Å². The molecule has 1 aromatic carbocycles. The predicted molar refractivity (Wildman–Crippen MR) is 89.7 cm³/mol. The van der Waals surface area contributed by atoms with Gasteiger partial charge in [-0.05, 0) is 24.3 Å². The maximum absolute atomic E-state index is 12.8. The summed E-state index contributed by atoms with van der Waals surface area (Å²) in [6, 6.07) is 9.79. The number of esters is 1. The number of hydrogen-bond donors (Lipinski definition) is 0. The van der Waals surface area contributed by atoms with Gasteiger partial charge in [-0.25, -0.2) is 4.39 Å². The van der Waals surface area contributed by atoms with Crippen molar-refractivity contribution < 1.29 is 18.7 Å². The van der Waals surface area contributed by atoms with Crippen LogP contribution in [-0.2, 0) is 14.3 Å². The number of thioether (sulfide) groups is 1. The SMILES string of the molecule is N#CCCN(CCC#N)C(=O)COC(=O)CCSc1ccc(F)cc1. The number of carbonyl (C=O) groups excluding carboxylic acids is 2. The molecule has 0 bridgehead atoms. The minimum Gasteiger partial charge on any atom is -0.456 e. The van der Waals surface area contributed by atoms with Crippen LogP contribution in [-0.4, -0.2) is 42.2 Å². The summed E-state index contributed by atoms with van der Waals surface area (Å²) < 4.78 is 17.7. The second kappa shape index (κ2) is 11.9. The molecule has 0 heterocycles. The van der Waals surface area contributed by atoms with Crippen molar-refractivity contribution in [1.82, 2.24) is 4.90 Å². The van der Waals surface area contributed by atoms with Crippen LogP contribution in [0.25, 0.3) is 0 Å². The Bertz CT molecular complexity index is 635. The molecule has 0 saturated carbocycles. The van der Waals surface area contributed by atoms with Crippen LogP contribution in [0.1, 0.15) is 19.3 Å². The Kier molecular flexibility index (Phi) is 9.72. The molecule has 0 aliphatic rings. The molecule has 0 aromatic heterocycles. The van der Waals surface area contributed by atoms with E-state index in [4.69, 9.17) is 15.3 Å². The number of nitrogens with zero attached hydrogens (tertiary/aromatic N) is 3. The van der Waals surface area contributed by atoms with Gasteiger partial charge < -0.3 is 9.64 Å². The molecule has 132 valence electrons. The number of benzene rings is 1. The minimum absolute atomic E-state index is 0.117. The summed E-state index contributed by atoms with van der Waals surface area (Å²) in [6.07, 6.45) is 0.421. The summed E-state index contributed by atoms with van der Waals surface area (Å²) in [6.45, 7) is 0.000863. The number of amides is 1. The minimum atomic E-state index is -0.511. The molecule has 0 atom stereocenters. The normalized spacial score (nSPS) is 9.72. The van der Waals surface area contributed by atoms with Crippen LogP contribution in [0.3, 0.4) is 0 Å². The van der Waals surface area contributed by atoms with Gasteiger partial charge in [-0.1, -0.05) is 0 Å². The first-order valence-electron chi connectivity index (χ1n) is 7.62. The van der Waals surface area contributed by atoms with Gasteiger partial charge in [0.25, 0.3) is 5.91 Å². The third kappa shape index (κ3) is 8.73. The fourth-order valence-corrected chi connectivity index (χ4v) is 2.65. The van der Waals surface area contributed by atoms with Gasteiger partial charge in [0.2, 0.25) is 0 Å². The van der Waals surface area contributed by atoms with Gasteiger partial charge in [0.1, 0.15) is 5.82 Å². The van der Waals surface area contributed by atoms with Crippen molar-refractivity contribution in [2.45, 2.75) is 24.2 Å². The monoisotopic (exact) mass is 363 g/mol. The van der Waals surface area contributed by atoms with Crippen LogP contribution in [0.2, 0.25) is 0 Å². The molecule has 1 rings (SSSR count). The molecule has 0 unspecified atom stereocenters. The molecular weight excluding hydrogens is 345 g/mol. The third-order valence-corrected chi connectivity index (χ3v) is 4.10. The number of nitriles is 2. The molecular formula is C17H18FN3O3S. The van der Waals surface area contributed by atoms with E-state index in [0.29, 0.717) is 5.75 Å². The maximum atomic E-state index is 12.8. The number of carbonyl (C=O) groups is 2. The van der Waals surface area contributed by atoms with Crippen molar-refractivity contribution in [3.63, 3.8) is 0 Å². The zero-order chi connectivity index (χ0) is 18.5. The predicted octanol–water partition coefficient (Wildman–Crippen LogP) is 2.51. The second-order valence-corrected chi connectivity index (χ2v) is 6.08.